The number of fused-ring (bicyclic) bond motifs is 1. The van der Waals surface area contributed by atoms with Crippen molar-refractivity contribution in [3.05, 3.63) is 29.3 Å². The van der Waals surface area contributed by atoms with E-state index < -0.39 is 0 Å². The second-order valence-electron chi connectivity index (χ2n) is 3.22. The Labute approximate surface area is 77.5 Å². The second kappa shape index (κ2) is 3.21. The van der Waals surface area contributed by atoms with Gasteiger partial charge in [0.05, 0.1) is 6.42 Å². The number of hydrogen-bond acceptors (Lipinski definition) is 2. The van der Waals surface area contributed by atoms with Gasteiger partial charge in [0.2, 0.25) is 0 Å². The van der Waals surface area contributed by atoms with Gasteiger partial charge in [0.1, 0.15) is 5.75 Å². The summed E-state index contributed by atoms with van der Waals surface area (Å²) in [7, 11) is 0. The number of ether oxygens (including phenoxy) is 1. The van der Waals surface area contributed by atoms with Gasteiger partial charge in [-0.2, -0.15) is 0 Å². The van der Waals surface area contributed by atoms with Crippen LogP contribution in [0.4, 0.5) is 0 Å². The summed E-state index contributed by atoms with van der Waals surface area (Å²) < 4.78 is 5.14. The summed E-state index contributed by atoms with van der Waals surface area (Å²) in [5.74, 6) is 0.649. The van der Waals surface area contributed by atoms with Gasteiger partial charge in [0.25, 0.3) is 0 Å². The van der Waals surface area contributed by atoms with Gasteiger partial charge in [0.15, 0.2) is 0 Å². The predicted octanol–water partition coefficient (Wildman–Crippen LogP) is 2.10. The number of carbonyl (C=O) groups excluding carboxylic acids is 1. The minimum absolute atomic E-state index is 0.110. The first kappa shape index (κ1) is 8.30. The molecule has 0 saturated carbocycles. The third-order valence-electron chi connectivity index (χ3n) is 2.41. The molecule has 2 rings (SSSR count). The lowest BCUT2D eigenvalue weighted by atomic mass is 9.98. The van der Waals surface area contributed by atoms with Gasteiger partial charge in [-0.1, -0.05) is 19.1 Å². The Balaban J connectivity index is 2.45. The lowest BCUT2D eigenvalue weighted by molar-refractivity contribution is -0.135. The summed E-state index contributed by atoms with van der Waals surface area (Å²) in [6.07, 6.45) is 2.35. The molecule has 0 aliphatic carbocycles. The standard InChI is InChI=1S/C11H12O2/c1-2-8-4-3-5-10-9(8)6-7-11(12)13-10/h3-5H,2,6-7H2,1H3. The lowest BCUT2D eigenvalue weighted by Crippen LogP contribution is -2.16. The molecule has 68 valence electrons. The molecule has 0 bridgehead atoms. The fourth-order valence-electron chi connectivity index (χ4n) is 1.72. The monoisotopic (exact) mass is 176 g/mol. The molecule has 1 aliphatic rings. The van der Waals surface area contributed by atoms with Crippen molar-refractivity contribution in [1.29, 1.82) is 0 Å². The first-order chi connectivity index (χ1) is 6.31. The number of benzene rings is 1. The largest absolute Gasteiger partial charge is 0.426 e. The van der Waals surface area contributed by atoms with Gasteiger partial charge in [-0.05, 0) is 30.0 Å². The normalized spacial score (nSPS) is 15.0. The maximum Gasteiger partial charge on any atom is 0.311 e. The highest BCUT2D eigenvalue weighted by Gasteiger charge is 2.18. The topological polar surface area (TPSA) is 26.3 Å². The fourth-order valence-corrected chi connectivity index (χ4v) is 1.72. The molecule has 0 N–H and O–H groups in total. The molecule has 2 heteroatoms. The van der Waals surface area contributed by atoms with Crippen molar-refractivity contribution in [2.75, 3.05) is 0 Å². The van der Waals surface area contributed by atoms with Crippen LogP contribution in [0.25, 0.3) is 0 Å². The Morgan fingerprint density at radius 2 is 2.23 bits per heavy atom. The quantitative estimate of drug-likeness (QED) is 0.484. The summed E-state index contributed by atoms with van der Waals surface area (Å²) in [6.45, 7) is 2.12. The zero-order chi connectivity index (χ0) is 9.26. The molecule has 0 aromatic heterocycles. The third-order valence-corrected chi connectivity index (χ3v) is 2.41. The van der Waals surface area contributed by atoms with Crippen LogP contribution < -0.4 is 4.74 Å². The summed E-state index contributed by atoms with van der Waals surface area (Å²) in [5, 5.41) is 0. The molecular formula is C11H12O2. The van der Waals surface area contributed by atoms with Crippen LogP contribution in [0.15, 0.2) is 18.2 Å². The number of hydrogen-bond donors (Lipinski definition) is 0. The molecule has 2 nitrogen and oxygen atoms in total. The molecule has 0 spiro atoms. The SMILES string of the molecule is CCc1cccc2c1CCC(=O)O2. The van der Waals surface area contributed by atoms with Gasteiger partial charge >= 0.3 is 5.97 Å². The molecule has 1 heterocycles. The molecule has 0 atom stereocenters. The van der Waals surface area contributed by atoms with Crippen molar-refractivity contribution < 1.29 is 9.53 Å². The average Bonchev–Trinajstić information content (AvgIpc) is 2.16. The van der Waals surface area contributed by atoms with E-state index in [0.29, 0.717) is 6.42 Å². The van der Waals surface area contributed by atoms with E-state index in [-0.39, 0.29) is 5.97 Å². The summed E-state index contributed by atoms with van der Waals surface area (Å²) in [4.78, 5) is 11.0. The Hall–Kier alpha value is -1.31. The highest BCUT2D eigenvalue weighted by Crippen LogP contribution is 2.28. The molecule has 13 heavy (non-hydrogen) atoms. The molecule has 0 amide bonds. The van der Waals surface area contributed by atoms with Crippen LogP contribution in [-0.4, -0.2) is 5.97 Å². The minimum atomic E-state index is -0.110. The zero-order valence-corrected chi connectivity index (χ0v) is 7.67. The fraction of sp³-hybridized carbons (Fsp3) is 0.364. The molecule has 0 radical (unpaired) electrons. The highest BCUT2D eigenvalue weighted by molar-refractivity contribution is 5.75. The van der Waals surface area contributed by atoms with E-state index in [9.17, 15) is 4.79 Å². The van der Waals surface area contributed by atoms with Gasteiger partial charge in [-0.15, -0.1) is 0 Å². The van der Waals surface area contributed by atoms with Gasteiger partial charge in [-0.25, -0.2) is 0 Å². The smallest absolute Gasteiger partial charge is 0.311 e. The minimum Gasteiger partial charge on any atom is -0.426 e. The summed E-state index contributed by atoms with van der Waals surface area (Å²) in [5.41, 5.74) is 2.51. The van der Waals surface area contributed by atoms with Crippen molar-refractivity contribution in [3.8, 4) is 5.75 Å². The maximum atomic E-state index is 11.0. The van der Waals surface area contributed by atoms with Crippen molar-refractivity contribution >= 4 is 5.97 Å². The number of carbonyl (C=O) groups is 1. The maximum absolute atomic E-state index is 11.0. The van der Waals surface area contributed by atoms with Crippen LogP contribution in [0.3, 0.4) is 0 Å². The highest BCUT2D eigenvalue weighted by atomic mass is 16.5. The van der Waals surface area contributed by atoms with Gasteiger partial charge < -0.3 is 4.74 Å². The van der Waals surface area contributed by atoms with E-state index in [0.717, 1.165) is 18.6 Å². The molecule has 1 aromatic rings. The Bertz CT molecular complexity index is 342. The van der Waals surface area contributed by atoms with Crippen LogP contribution >= 0.6 is 0 Å². The van der Waals surface area contributed by atoms with Crippen LogP contribution in [-0.2, 0) is 17.6 Å². The van der Waals surface area contributed by atoms with Crippen LogP contribution in [0.5, 0.6) is 5.75 Å². The van der Waals surface area contributed by atoms with Gasteiger partial charge in [0, 0.05) is 0 Å². The molecule has 1 aromatic carbocycles. The Kier molecular flexibility index (Phi) is 2.05. The summed E-state index contributed by atoms with van der Waals surface area (Å²) in [6, 6.07) is 5.90. The first-order valence-electron chi connectivity index (χ1n) is 4.62. The third kappa shape index (κ3) is 1.44. The molecule has 1 aliphatic heterocycles. The van der Waals surface area contributed by atoms with Crippen LogP contribution in [0.2, 0.25) is 0 Å². The molecular weight excluding hydrogens is 164 g/mol. The van der Waals surface area contributed by atoms with Crippen molar-refractivity contribution in [1.82, 2.24) is 0 Å². The van der Waals surface area contributed by atoms with Crippen LogP contribution in [0.1, 0.15) is 24.5 Å². The van der Waals surface area contributed by atoms with E-state index in [4.69, 9.17) is 4.74 Å². The number of esters is 1. The predicted molar refractivity (Wildman–Crippen MR) is 49.8 cm³/mol. The van der Waals surface area contributed by atoms with Crippen molar-refractivity contribution in [2.24, 2.45) is 0 Å². The second-order valence-corrected chi connectivity index (χ2v) is 3.22. The molecule has 0 fully saturated rings. The Morgan fingerprint density at radius 1 is 1.38 bits per heavy atom. The lowest BCUT2D eigenvalue weighted by Gasteiger charge is -2.17. The molecule has 0 unspecified atom stereocenters. The molecule has 0 saturated heterocycles. The van der Waals surface area contributed by atoms with Crippen molar-refractivity contribution in [3.63, 3.8) is 0 Å². The van der Waals surface area contributed by atoms with E-state index in [2.05, 4.69) is 13.0 Å². The Morgan fingerprint density at radius 3 is 3.00 bits per heavy atom. The number of rotatable bonds is 1. The van der Waals surface area contributed by atoms with E-state index in [1.165, 1.54) is 11.1 Å². The summed E-state index contributed by atoms with van der Waals surface area (Å²) >= 11 is 0. The van der Waals surface area contributed by atoms with Crippen molar-refractivity contribution in [2.45, 2.75) is 26.2 Å². The number of aryl methyl sites for hydroxylation is 1. The van der Waals surface area contributed by atoms with E-state index >= 15 is 0 Å². The van der Waals surface area contributed by atoms with Gasteiger partial charge in [-0.3, -0.25) is 4.79 Å². The van der Waals surface area contributed by atoms with E-state index in [1.807, 2.05) is 12.1 Å². The van der Waals surface area contributed by atoms with E-state index in [1.54, 1.807) is 0 Å². The van der Waals surface area contributed by atoms with Crippen LogP contribution in [0, 0.1) is 0 Å². The zero-order valence-electron chi connectivity index (χ0n) is 7.67. The first-order valence-corrected chi connectivity index (χ1v) is 4.62. The average molecular weight is 176 g/mol.